The number of benzene rings is 1. The largest absolute Gasteiger partial charge is 0.419 e. The van der Waals surface area contributed by atoms with Crippen LogP contribution in [0.1, 0.15) is 27.1 Å². The summed E-state index contributed by atoms with van der Waals surface area (Å²) in [5, 5.41) is 10.7. The van der Waals surface area contributed by atoms with Crippen LogP contribution in [-0.2, 0) is 6.18 Å². The van der Waals surface area contributed by atoms with Gasteiger partial charge in [-0.1, -0.05) is 6.07 Å². The van der Waals surface area contributed by atoms with Crippen molar-refractivity contribution in [1.82, 2.24) is 4.98 Å². The number of hydrogen-bond acceptors (Lipinski definition) is 3. The zero-order valence-corrected chi connectivity index (χ0v) is 10.5. The van der Waals surface area contributed by atoms with Crippen molar-refractivity contribution in [3.05, 3.63) is 51.2 Å². The lowest BCUT2D eigenvalue weighted by molar-refractivity contribution is -0.140. The van der Waals surface area contributed by atoms with Crippen LogP contribution in [0.3, 0.4) is 0 Å². The molecule has 0 spiro atoms. The van der Waals surface area contributed by atoms with E-state index in [2.05, 4.69) is 4.98 Å². The molecular weight excluding hydrogens is 282 g/mol. The van der Waals surface area contributed by atoms with Gasteiger partial charge >= 0.3 is 6.18 Å². The van der Waals surface area contributed by atoms with Crippen LogP contribution < -0.4 is 0 Å². The first-order valence-electron chi connectivity index (χ1n) is 5.26. The Kier molecular flexibility index (Phi) is 3.60. The summed E-state index contributed by atoms with van der Waals surface area (Å²) in [6.45, 7) is 1.71. The van der Waals surface area contributed by atoms with Crippen LogP contribution in [0, 0.1) is 12.7 Å². The number of rotatable bonds is 2. The molecule has 1 aromatic carbocycles. The SMILES string of the molecule is Cc1ncc(C(O)c2ccc(F)c(C(F)(F)F)c2)s1. The van der Waals surface area contributed by atoms with E-state index >= 15 is 0 Å². The maximum absolute atomic E-state index is 13.1. The first-order valence-corrected chi connectivity index (χ1v) is 6.07. The zero-order chi connectivity index (χ0) is 14.2. The van der Waals surface area contributed by atoms with Crippen LogP contribution in [0.25, 0.3) is 0 Å². The fourth-order valence-electron chi connectivity index (χ4n) is 1.60. The number of nitrogens with zero attached hydrogens (tertiary/aromatic N) is 1. The van der Waals surface area contributed by atoms with Crippen LogP contribution >= 0.6 is 11.3 Å². The van der Waals surface area contributed by atoms with Gasteiger partial charge in [0.05, 0.1) is 15.4 Å². The molecule has 2 nitrogen and oxygen atoms in total. The second-order valence-electron chi connectivity index (χ2n) is 3.92. The number of hydrogen-bond donors (Lipinski definition) is 1. The second kappa shape index (κ2) is 4.90. The quantitative estimate of drug-likeness (QED) is 0.856. The van der Waals surface area contributed by atoms with Gasteiger partial charge in [-0.05, 0) is 24.6 Å². The number of aromatic nitrogens is 1. The lowest BCUT2D eigenvalue weighted by Gasteiger charge is -2.13. The zero-order valence-electron chi connectivity index (χ0n) is 9.70. The van der Waals surface area contributed by atoms with Crippen molar-refractivity contribution in [3.63, 3.8) is 0 Å². The number of aliphatic hydroxyl groups is 1. The van der Waals surface area contributed by atoms with Crippen molar-refractivity contribution < 1.29 is 22.7 Å². The predicted octanol–water partition coefficient (Wildman–Crippen LogP) is 3.69. The molecule has 0 aliphatic heterocycles. The molecule has 0 amide bonds. The molecule has 1 heterocycles. The third kappa shape index (κ3) is 2.93. The molecule has 0 saturated heterocycles. The maximum atomic E-state index is 13.1. The number of alkyl halides is 3. The van der Waals surface area contributed by atoms with Gasteiger partial charge < -0.3 is 5.11 Å². The summed E-state index contributed by atoms with van der Waals surface area (Å²) in [5.41, 5.74) is -1.40. The Morgan fingerprint density at radius 1 is 1.32 bits per heavy atom. The van der Waals surface area contributed by atoms with E-state index < -0.39 is 23.7 Å². The van der Waals surface area contributed by atoms with Crippen molar-refractivity contribution >= 4 is 11.3 Å². The highest BCUT2D eigenvalue weighted by molar-refractivity contribution is 7.11. The summed E-state index contributed by atoms with van der Waals surface area (Å²) in [4.78, 5) is 4.33. The third-order valence-corrected chi connectivity index (χ3v) is 3.49. The van der Waals surface area contributed by atoms with Gasteiger partial charge in [-0.3, -0.25) is 0 Å². The van der Waals surface area contributed by atoms with Crippen LogP contribution in [0.15, 0.2) is 24.4 Å². The molecule has 1 unspecified atom stereocenters. The normalized spacial score (nSPS) is 13.6. The Morgan fingerprint density at radius 3 is 2.53 bits per heavy atom. The van der Waals surface area contributed by atoms with Gasteiger partial charge in [-0.25, -0.2) is 9.37 Å². The van der Waals surface area contributed by atoms with Crippen molar-refractivity contribution in [1.29, 1.82) is 0 Å². The molecule has 1 atom stereocenters. The minimum Gasteiger partial charge on any atom is -0.383 e. The monoisotopic (exact) mass is 291 g/mol. The molecular formula is C12H9F4NOS. The molecule has 2 rings (SSSR count). The van der Waals surface area contributed by atoms with Gasteiger partial charge in [0.2, 0.25) is 0 Å². The Hall–Kier alpha value is -1.47. The molecule has 0 radical (unpaired) electrons. The lowest BCUT2D eigenvalue weighted by Crippen LogP contribution is -2.10. The summed E-state index contributed by atoms with van der Waals surface area (Å²) >= 11 is 1.17. The fraction of sp³-hybridized carbons (Fsp3) is 0.250. The maximum Gasteiger partial charge on any atom is 0.419 e. The van der Waals surface area contributed by atoms with Crippen molar-refractivity contribution in [3.8, 4) is 0 Å². The summed E-state index contributed by atoms with van der Waals surface area (Å²) < 4.78 is 50.8. The fourth-order valence-corrected chi connectivity index (χ4v) is 2.40. The predicted molar refractivity (Wildman–Crippen MR) is 62.3 cm³/mol. The number of thiazole rings is 1. The minimum absolute atomic E-state index is 0.0163. The Morgan fingerprint density at radius 2 is 2.00 bits per heavy atom. The van der Waals surface area contributed by atoms with E-state index in [1.165, 1.54) is 17.5 Å². The lowest BCUT2D eigenvalue weighted by atomic mass is 10.0. The molecule has 0 bridgehead atoms. The van der Waals surface area contributed by atoms with Gasteiger partial charge in [-0.15, -0.1) is 11.3 Å². The molecule has 0 fully saturated rings. The van der Waals surface area contributed by atoms with Crippen molar-refractivity contribution in [2.24, 2.45) is 0 Å². The summed E-state index contributed by atoms with van der Waals surface area (Å²) in [7, 11) is 0. The van der Waals surface area contributed by atoms with E-state index in [1.54, 1.807) is 6.92 Å². The molecule has 7 heteroatoms. The molecule has 102 valence electrons. The van der Waals surface area contributed by atoms with E-state index in [9.17, 15) is 22.7 Å². The minimum atomic E-state index is -4.79. The summed E-state index contributed by atoms with van der Waals surface area (Å²) in [6, 6.07) is 2.45. The van der Waals surface area contributed by atoms with Crippen LogP contribution in [-0.4, -0.2) is 10.1 Å². The van der Waals surface area contributed by atoms with Gasteiger partial charge in [0.1, 0.15) is 11.9 Å². The number of halogens is 4. The average Bonchev–Trinajstić information content (AvgIpc) is 2.74. The van der Waals surface area contributed by atoms with Crippen LogP contribution in [0.2, 0.25) is 0 Å². The second-order valence-corrected chi connectivity index (χ2v) is 5.19. The highest BCUT2D eigenvalue weighted by atomic mass is 32.1. The van der Waals surface area contributed by atoms with Gasteiger partial charge in [-0.2, -0.15) is 13.2 Å². The van der Waals surface area contributed by atoms with Gasteiger partial charge in [0, 0.05) is 6.20 Å². The van der Waals surface area contributed by atoms with E-state index in [4.69, 9.17) is 0 Å². The van der Waals surface area contributed by atoms with Crippen LogP contribution in [0.5, 0.6) is 0 Å². The number of aliphatic hydroxyl groups excluding tert-OH is 1. The first kappa shape index (κ1) is 14.0. The third-order valence-electron chi connectivity index (χ3n) is 2.52. The Balaban J connectivity index is 2.41. The highest BCUT2D eigenvalue weighted by Crippen LogP contribution is 2.34. The highest BCUT2D eigenvalue weighted by Gasteiger charge is 2.34. The summed E-state index contributed by atoms with van der Waals surface area (Å²) in [6.07, 6.45) is -4.64. The van der Waals surface area contributed by atoms with E-state index in [1.807, 2.05) is 0 Å². The molecule has 0 aliphatic carbocycles. The molecule has 1 N–H and O–H groups in total. The molecule has 0 aliphatic rings. The standard InChI is InChI=1S/C12H9F4NOS/c1-6-17-5-10(19-6)11(18)7-2-3-9(13)8(4-7)12(14,15)16/h2-5,11,18H,1H3. The van der Waals surface area contributed by atoms with Crippen LogP contribution in [0.4, 0.5) is 17.6 Å². The smallest absolute Gasteiger partial charge is 0.383 e. The molecule has 0 saturated carbocycles. The van der Waals surface area contributed by atoms with Crippen molar-refractivity contribution in [2.45, 2.75) is 19.2 Å². The Bertz CT molecular complexity index is 594. The van der Waals surface area contributed by atoms with E-state index in [0.29, 0.717) is 22.0 Å². The number of aryl methyl sites for hydroxylation is 1. The summed E-state index contributed by atoms with van der Waals surface area (Å²) in [5.74, 6) is -1.36. The topological polar surface area (TPSA) is 33.1 Å². The average molecular weight is 291 g/mol. The molecule has 2 aromatic rings. The van der Waals surface area contributed by atoms with E-state index in [0.717, 1.165) is 6.07 Å². The van der Waals surface area contributed by atoms with E-state index in [-0.39, 0.29) is 5.56 Å². The van der Waals surface area contributed by atoms with Gasteiger partial charge in [0.15, 0.2) is 0 Å². The first-order chi connectivity index (χ1) is 8.79. The molecule has 1 aromatic heterocycles. The van der Waals surface area contributed by atoms with Crippen molar-refractivity contribution in [2.75, 3.05) is 0 Å². The molecule has 19 heavy (non-hydrogen) atoms. The van der Waals surface area contributed by atoms with Gasteiger partial charge in [0.25, 0.3) is 0 Å². The Labute approximate surface area is 110 Å².